The van der Waals surface area contributed by atoms with Crippen LogP contribution in [-0.2, 0) is 4.79 Å². The molecule has 0 unspecified atom stereocenters. The molecule has 100 valence electrons. The summed E-state index contributed by atoms with van der Waals surface area (Å²) in [5.74, 6) is -0.285. The first-order valence-electron chi connectivity index (χ1n) is 5.79. The molecule has 0 saturated heterocycles. The number of hydrogen-bond acceptors (Lipinski definition) is 1. The van der Waals surface area contributed by atoms with Crippen molar-refractivity contribution in [2.75, 3.05) is 18.4 Å². The van der Waals surface area contributed by atoms with Crippen LogP contribution in [-0.4, -0.2) is 35.7 Å². The number of alkyl halides is 3. The molecule has 0 bridgehead atoms. The third-order valence-corrected chi connectivity index (χ3v) is 4.65. The van der Waals surface area contributed by atoms with E-state index in [0.717, 1.165) is 0 Å². The number of rotatable bonds is 5. The average Bonchev–Trinajstić information content (AvgIpc) is 2.55. The lowest BCUT2D eigenvalue weighted by Crippen LogP contribution is -2.38. The second kappa shape index (κ2) is 4.82. The first-order valence-corrected chi connectivity index (χ1v) is 6.91. The topological polar surface area (TPSA) is 20.3 Å². The van der Waals surface area contributed by atoms with Gasteiger partial charge in [-0.2, -0.15) is 0 Å². The molecule has 0 aromatic carbocycles. The lowest BCUT2D eigenvalue weighted by atomic mass is 10.0. The number of nitrogens with zero attached hydrogens (tertiary/aromatic N) is 1. The van der Waals surface area contributed by atoms with Gasteiger partial charge in [-0.25, -0.2) is 8.78 Å². The first kappa shape index (κ1) is 14.9. The summed E-state index contributed by atoms with van der Waals surface area (Å²) < 4.78 is 24.9. The maximum absolute atomic E-state index is 12.4. The zero-order chi connectivity index (χ0) is 13.4. The Bertz CT molecular complexity index is 291. The molecule has 5 heteroatoms. The fourth-order valence-corrected chi connectivity index (χ4v) is 2.98. The summed E-state index contributed by atoms with van der Waals surface area (Å²) in [4.78, 5) is 13.5. The van der Waals surface area contributed by atoms with Crippen LogP contribution in [0, 0.1) is 16.7 Å². The van der Waals surface area contributed by atoms with Crippen molar-refractivity contribution in [3.8, 4) is 0 Å². The van der Waals surface area contributed by atoms with Gasteiger partial charge < -0.3 is 4.90 Å². The highest BCUT2D eigenvalue weighted by Gasteiger charge is 2.68. The van der Waals surface area contributed by atoms with Gasteiger partial charge in [-0.15, -0.1) is 0 Å². The fourth-order valence-electron chi connectivity index (χ4n) is 2.56. The molecule has 1 rings (SSSR count). The summed E-state index contributed by atoms with van der Waals surface area (Å²) in [6.07, 6.45) is -2.47. The molecule has 0 spiro atoms. The van der Waals surface area contributed by atoms with Crippen LogP contribution in [0.25, 0.3) is 0 Å². The van der Waals surface area contributed by atoms with E-state index in [-0.39, 0.29) is 22.7 Å². The van der Waals surface area contributed by atoms with Crippen LogP contribution in [0.5, 0.6) is 0 Å². The van der Waals surface area contributed by atoms with Gasteiger partial charge in [0.1, 0.15) is 0 Å². The van der Waals surface area contributed by atoms with Gasteiger partial charge >= 0.3 is 0 Å². The predicted octanol–water partition coefficient (Wildman–Crippen LogP) is 3.16. The molecule has 2 nitrogen and oxygen atoms in total. The van der Waals surface area contributed by atoms with E-state index in [4.69, 9.17) is 0 Å². The largest absolute Gasteiger partial charge is 0.336 e. The fraction of sp³-hybridized carbons (Fsp3) is 0.917. The molecule has 0 atom stereocenters. The van der Waals surface area contributed by atoms with Crippen molar-refractivity contribution in [3.63, 3.8) is 0 Å². The van der Waals surface area contributed by atoms with Crippen LogP contribution in [0.1, 0.15) is 27.7 Å². The van der Waals surface area contributed by atoms with Gasteiger partial charge in [-0.1, -0.05) is 43.6 Å². The van der Waals surface area contributed by atoms with Crippen molar-refractivity contribution in [2.45, 2.75) is 34.1 Å². The molecule has 0 aliphatic heterocycles. The van der Waals surface area contributed by atoms with Gasteiger partial charge in [0.15, 0.2) is 0 Å². The van der Waals surface area contributed by atoms with Crippen LogP contribution in [0.2, 0.25) is 0 Å². The minimum atomic E-state index is -2.47. The van der Waals surface area contributed by atoms with Gasteiger partial charge in [0.05, 0.1) is 6.54 Å². The van der Waals surface area contributed by atoms with E-state index in [2.05, 4.69) is 15.9 Å². The van der Waals surface area contributed by atoms with Gasteiger partial charge in [0.2, 0.25) is 5.91 Å². The minimum absolute atomic E-state index is 0.100. The Morgan fingerprint density at radius 1 is 1.29 bits per heavy atom. The third-order valence-electron chi connectivity index (χ3n) is 4.29. The molecule has 0 heterocycles. The lowest BCUT2D eigenvalue weighted by molar-refractivity contribution is -0.135. The summed E-state index contributed by atoms with van der Waals surface area (Å²) in [6, 6.07) is 0. The number of halogens is 3. The van der Waals surface area contributed by atoms with Crippen LogP contribution in [0.3, 0.4) is 0 Å². The smallest absolute Gasteiger partial charge is 0.255 e. The standard InChI is InChI=1S/C12H20BrF2NO/c1-11(2)9(12(11,3)4)10(17)16(6-5-13)7-8(14)15/h8-9H,5-7H2,1-4H3. The van der Waals surface area contributed by atoms with Crippen LogP contribution < -0.4 is 0 Å². The number of carbonyl (C=O) groups excluding carboxylic acids is 1. The molecule has 1 fully saturated rings. The van der Waals surface area contributed by atoms with E-state index in [1.165, 1.54) is 4.90 Å². The molecule has 1 amide bonds. The van der Waals surface area contributed by atoms with Crippen molar-refractivity contribution < 1.29 is 13.6 Å². The minimum Gasteiger partial charge on any atom is -0.336 e. The van der Waals surface area contributed by atoms with Gasteiger partial charge in [0, 0.05) is 17.8 Å². The zero-order valence-electron chi connectivity index (χ0n) is 10.8. The van der Waals surface area contributed by atoms with Crippen molar-refractivity contribution in [1.29, 1.82) is 0 Å². The Labute approximate surface area is 110 Å². The van der Waals surface area contributed by atoms with Crippen LogP contribution in [0.15, 0.2) is 0 Å². The molecule has 17 heavy (non-hydrogen) atoms. The Morgan fingerprint density at radius 2 is 1.76 bits per heavy atom. The number of amides is 1. The molecule has 1 aliphatic carbocycles. The van der Waals surface area contributed by atoms with Gasteiger partial charge in [-0.05, 0) is 10.8 Å². The Hall–Kier alpha value is -0.190. The molecule has 0 aromatic heterocycles. The summed E-state index contributed by atoms with van der Waals surface area (Å²) in [5, 5.41) is 0.527. The second-order valence-corrected chi connectivity index (χ2v) is 6.53. The molecular weight excluding hydrogens is 292 g/mol. The van der Waals surface area contributed by atoms with E-state index in [1.807, 2.05) is 27.7 Å². The van der Waals surface area contributed by atoms with E-state index >= 15 is 0 Å². The normalized spacial score (nSPS) is 21.6. The van der Waals surface area contributed by atoms with Crippen molar-refractivity contribution in [3.05, 3.63) is 0 Å². The van der Waals surface area contributed by atoms with E-state index in [1.54, 1.807) is 0 Å². The Morgan fingerprint density at radius 3 is 2.06 bits per heavy atom. The monoisotopic (exact) mass is 311 g/mol. The molecule has 0 radical (unpaired) electrons. The average molecular weight is 312 g/mol. The molecule has 1 aliphatic rings. The maximum Gasteiger partial charge on any atom is 0.255 e. The van der Waals surface area contributed by atoms with Gasteiger partial charge in [-0.3, -0.25) is 4.79 Å². The first-order chi connectivity index (χ1) is 7.66. The molecule has 0 N–H and O–H groups in total. The van der Waals surface area contributed by atoms with E-state index in [9.17, 15) is 13.6 Å². The van der Waals surface area contributed by atoms with Crippen molar-refractivity contribution in [1.82, 2.24) is 4.90 Å². The van der Waals surface area contributed by atoms with E-state index < -0.39 is 13.0 Å². The molecule has 1 saturated carbocycles. The van der Waals surface area contributed by atoms with E-state index in [0.29, 0.717) is 11.9 Å². The van der Waals surface area contributed by atoms with Crippen molar-refractivity contribution >= 4 is 21.8 Å². The van der Waals surface area contributed by atoms with Crippen LogP contribution in [0.4, 0.5) is 8.78 Å². The highest BCUT2D eigenvalue weighted by Crippen LogP contribution is 2.68. The highest BCUT2D eigenvalue weighted by atomic mass is 79.9. The lowest BCUT2D eigenvalue weighted by Gasteiger charge is -2.22. The molecular formula is C12H20BrF2NO. The quantitative estimate of drug-likeness (QED) is 0.714. The maximum atomic E-state index is 12.4. The summed E-state index contributed by atoms with van der Waals surface area (Å²) in [6.45, 7) is 7.95. The number of hydrogen-bond donors (Lipinski definition) is 0. The summed E-state index contributed by atoms with van der Waals surface area (Å²) in [7, 11) is 0. The highest BCUT2D eigenvalue weighted by molar-refractivity contribution is 9.09. The third kappa shape index (κ3) is 2.64. The summed E-state index contributed by atoms with van der Waals surface area (Å²) in [5.41, 5.74) is -0.201. The van der Waals surface area contributed by atoms with Crippen LogP contribution >= 0.6 is 15.9 Å². The second-order valence-electron chi connectivity index (χ2n) is 5.74. The SMILES string of the molecule is CC1(C)C(C(=O)N(CCBr)CC(F)F)C1(C)C. The Kier molecular flexibility index (Phi) is 4.22. The predicted molar refractivity (Wildman–Crippen MR) is 67.4 cm³/mol. The zero-order valence-corrected chi connectivity index (χ0v) is 12.4. The summed E-state index contributed by atoms with van der Waals surface area (Å²) >= 11 is 3.20. The molecule has 0 aromatic rings. The number of carbonyl (C=O) groups is 1. The van der Waals surface area contributed by atoms with Crippen molar-refractivity contribution in [2.24, 2.45) is 16.7 Å². The van der Waals surface area contributed by atoms with Gasteiger partial charge in [0.25, 0.3) is 6.43 Å². The Balaban J connectivity index is 2.74.